The zero-order valence-electron chi connectivity index (χ0n) is 11.0. The molecule has 0 amide bonds. The molecule has 0 saturated heterocycles. The maximum absolute atomic E-state index is 11.0. The highest BCUT2D eigenvalue weighted by molar-refractivity contribution is 5.74. The topological polar surface area (TPSA) is 38.1 Å². The molecule has 1 aliphatic rings. The van der Waals surface area contributed by atoms with E-state index in [2.05, 4.69) is 34.3 Å². The average molecular weight is 255 g/mol. The molecule has 1 aromatic carbocycles. The minimum atomic E-state index is 0.608. The number of benzene rings is 1. The second-order valence-electron chi connectivity index (χ2n) is 5.00. The Morgan fingerprint density at radius 2 is 2.11 bits per heavy atom. The van der Waals surface area contributed by atoms with Crippen molar-refractivity contribution in [3.63, 3.8) is 0 Å². The summed E-state index contributed by atoms with van der Waals surface area (Å²) in [7, 11) is 1.91. The average Bonchev–Trinajstić information content (AvgIpc) is 2.76. The summed E-state index contributed by atoms with van der Waals surface area (Å²) in [4.78, 5) is 13.4. The van der Waals surface area contributed by atoms with Crippen molar-refractivity contribution in [3.8, 4) is 0 Å². The van der Waals surface area contributed by atoms with Crippen LogP contribution in [0.2, 0.25) is 0 Å². The van der Waals surface area contributed by atoms with Crippen LogP contribution in [-0.2, 0) is 26.6 Å². The molecule has 1 aliphatic heterocycles. The molecule has 4 nitrogen and oxygen atoms in total. The standard InChI is InChI=1S/C15H17N3O/c1-17-15-10-18(9-12-5-3-2-4-6-12)8-7-13(15)14(11-19)16-17/h2-6,11H,7-10H2,1H3. The summed E-state index contributed by atoms with van der Waals surface area (Å²) in [6.45, 7) is 2.79. The predicted octanol–water partition coefficient (Wildman–Crippen LogP) is 1.79. The molecule has 3 rings (SSSR count). The number of aryl methyl sites for hydroxylation is 1. The molecule has 98 valence electrons. The van der Waals surface area contributed by atoms with E-state index in [-0.39, 0.29) is 0 Å². The van der Waals surface area contributed by atoms with Crippen molar-refractivity contribution < 1.29 is 4.79 Å². The molecule has 0 radical (unpaired) electrons. The maximum Gasteiger partial charge on any atom is 0.170 e. The highest BCUT2D eigenvalue weighted by Gasteiger charge is 2.23. The lowest BCUT2D eigenvalue weighted by Gasteiger charge is -2.27. The lowest BCUT2D eigenvalue weighted by molar-refractivity contribution is 0.111. The molecule has 0 spiro atoms. The largest absolute Gasteiger partial charge is 0.296 e. The summed E-state index contributed by atoms with van der Waals surface area (Å²) in [6.07, 6.45) is 1.77. The molecule has 0 unspecified atom stereocenters. The van der Waals surface area contributed by atoms with E-state index in [1.54, 1.807) is 0 Å². The van der Waals surface area contributed by atoms with E-state index in [4.69, 9.17) is 0 Å². The Hall–Kier alpha value is -1.94. The second-order valence-corrected chi connectivity index (χ2v) is 5.00. The summed E-state index contributed by atoms with van der Waals surface area (Å²) in [6, 6.07) is 10.5. The summed E-state index contributed by atoms with van der Waals surface area (Å²) in [5.74, 6) is 0. The third-order valence-electron chi connectivity index (χ3n) is 3.72. The van der Waals surface area contributed by atoms with Gasteiger partial charge in [-0.25, -0.2) is 0 Å². The van der Waals surface area contributed by atoms with Crippen molar-refractivity contribution in [2.45, 2.75) is 19.5 Å². The van der Waals surface area contributed by atoms with Crippen LogP contribution in [0.25, 0.3) is 0 Å². The Kier molecular flexibility index (Phi) is 3.17. The van der Waals surface area contributed by atoms with Crippen LogP contribution in [0.1, 0.15) is 27.3 Å². The molecule has 4 heteroatoms. The number of carbonyl (C=O) groups excluding carboxylic acids is 1. The van der Waals surface area contributed by atoms with Gasteiger partial charge >= 0.3 is 0 Å². The summed E-state index contributed by atoms with van der Waals surface area (Å²) in [5, 5.41) is 4.27. The number of nitrogens with zero attached hydrogens (tertiary/aromatic N) is 3. The molecular formula is C15H17N3O. The van der Waals surface area contributed by atoms with Crippen molar-refractivity contribution in [2.24, 2.45) is 7.05 Å². The molecule has 2 aromatic rings. The van der Waals surface area contributed by atoms with E-state index >= 15 is 0 Å². The van der Waals surface area contributed by atoms with Gasteiger partial charge in [0.05, 0.1) is 5.69 Å². The van der Waals surface area contributed by atoms with E-state index in [9.17, 15) is 4.79 Å². The summed E-state index contributed by atoms with van der Waals surface area (Å²) < 4.78 is 1.84. The Balaban J connectivity index is 1.79. The molecule has 0 fully saturated rings. The fourth-order valence-electron chi connectivity index (χ4n) is 2.73. The predicted molar refractivity (Wildman–Crippen MR) is 72.9 cm³/mol. The summed E-state index contributed by atoms with van der Waals surface area (Å²) in [5.41, 5.74) is 4.23. The van der Waals surface area contributed by atoms with Crippen molar-refractivity contribution >= 4 is 6.29 Å². The van der Waals surface area contributed by atoms with Crippen molar-refractivity contribution in [1.82, 2.24) is 14.7 Å². The summed E-state index contributed by atoms with van der Waals surface area (Å²) >= 11 is 0. The highest BCUT2D eigenvalue weighted by Crippen LogP contribution is 2.22. The Morgan fingerprint density at radius 3 is 2.84 bits per heavy atom. The first kappa shape index (κ1) is 12.1. The van der Waals surface area contributed by atoms with Crippen LogP contribution in [0.5, 0.6) is 0 Å². The third kappa shape index (κ3) is 2.31. The number of fused-ring (bicyclic) bond motifs is 1. The smallest absolute Gasteiger partial charge is 0.170 e. The SMILES string of the molecule is Cn1nc(C=O)c2c1CN(Cc1ccccc1)CC2. The van der Waals surface area contributed by atoms with Crippen LogP contribution in [0.3, 0.4) is 0 Å². The highest BCUT2D eigenvalue weighted by atomic mass is 16.1. The van der Waals surface area contributed by atoms with Gasteiger partial charge in [0, 0.05) is 32.2 Å². The Bertz CT molecular complexity index is 589. The van der Waals surface area contributed by atoms with Gasteiger partial charge in [0.15, 0.2) is 6.29 Å². The van der Waals surface area contributed by atoms with Gasteiger partial charge in [-0.2, -0.15) is 5.10 Å². The van der Waals surface area contributed by atoms with Crippen molar-refractivity contribution in [3.05, 3.63) is 52.8 Å². The first-order chi connectivity index (χ1) is 9.28. The molecule has 19 heavy (non-hydrogen) atoms. The maximum atomic E-state index is 11.0. The van der Waals surface area contributed by atoms with Gasteiger partial charge in [-0.3, -0.25) is 14.4 Å². The van der Waals surface area contributed by atoms with Gasteiger partial charge in [-0.1, -0.05) is 30.3 Å². The van der Waals surface area contributed by atoms with Crippen LogP contribution in [0.15, 0.2) is 30.3 Å². The second kappa shape index (κ2) is 4.97. The van der Waals surface area contributed by atoms with Gasteiger partial charge in [-0.15, -0.1) is 0 Å². The van der Waals surface area contributed by atoms with Crippen LogP contribution < -0.4 is 0 Å². The molecule has 0 aliphatic carbocycles. The number of hydrogen-bond acceptors (Lipinski definition) is 3. The lowest BCUT2D eigenvalue weighted by atomic mass is 10.0. The zero-order chi connectivity index (χ0) is 13.2. The minimum absolute atomic E-state index is 0.608. The van der Waals surface area contributed by atoms with Gasteiger partial charge in [-0.05, 0) is 12.0 Å². The Labute approximate surface area is 112 Å². The van der Waals surface area contributed by atoms with Crippen LogP contribution in [-0.4, -0.2) is 27.5 Å². The molecule has 0 N–H and O–H groups in total. The molecule has 2 heterocycles. The van der Waals surface area contributed by atoms with E-state index < -0.39 is 0 Å². The van der Waals surface area contributed by atoms with Gasteiger partial charge in [0.2, 0.25) is 0 Å². The molecule has 1 aromatic heterocycles. The van der Waals surface area contributed by atoms with E-state index in [1.807, 2.05) is 17.8 Å². The number of rotatable bonds is 3. The monoisotopic (exact) mass is 255 g/mol. The van der Waals surface area contributed by atoms with Crippen LogP contribution >= 0.6 is 0 Å². The number of hydrogen-bond donors (Lipinski definition) is 0. The molecule has 0 atom stereocenters. The molecule has 0 saturated carbocycles. The first-order valence-electron chi connectivity index (χ1n) is 6.54. The number of aromatic nitrogens is 2. The third-order valence-corrected chi connectivity index (χ3v) is 3.72. The number of aldehydes is 1. The fourth-order valence-corrected chi connectivity index (χ4v) is 2.73. The van der Waals surface area contributed by atoms with Gasteiger partial charge in [0.1, 0.15) is 5.69 Å². The molecular weight excluding hydrogens is 238 g/mol. The van der Waals surface area contributed by atoms with Crippen molar-refractivity contribution in [1.29, 1.82) is 0 Å². The van der Waals surface area contributed by atoms with Gasteiger partial charge < -0.3 is 0 Å². The van der Waals surface area contributed by atoms with Gasteiger partial charge in [0.25, 0.3) is 0 Å². The Morgan fingerprint density at radius 1 is 1.32 bits per heavy atom. The first-order valence-corrected chi connectivity index (χ1v) is 6.54. The van der Waals surface area contributed by atoms with E-state index in [1.165, 1.54) is 11.3 Å². The van der Waals surface area contributed by atoms with E-state index in [0.29, 0.717) is 5.69 Å². The quantitative estimate of drug-likeness (QED) is 0.785. The minimum Gasteiger partial charge on any atom is -0.296 e. The van der Waals surface area contributed by atoms with Crippen LogP contribution in [0.4, 0.5) is 0 Å². The molecule has 0 bridgehead atoms. The van der Waals surface area contributed by atoms with E-state index in [0.717, 1.165) is 37.9 Å². The number of carbonyl (C=O) groups is 1. The zero-order valence-corrected chi connectivity index (χ0v) is 11.0. The van der Waals surface area contributed by atoms with Crippen molar-refractivity contribution in [2.75, 3.05) is 6.54 Å². The normalized spacial score (nSPS) is 15.2. The lowest BCUT2D eigenvalue weighted by Crippen LogP contribution is -2.31. The fraction of sp³-hybridized carbons (Fsp3) is 0.333. The van der Waals surface area contributed by atoms with Crippen LogP contribution in [0, 0.1) is 0 Å².